The predicted octanol–water partition coefficient (Wildman–Crippen LogP) is 5.05. The van der Waals surface area contributed by atoms with Crippen molar-refractivity contribution < 1.29 is 13.9 Å². The van der Waals surface area contributed by atoms with Gasteiger partial charge in [0, 0.05) is 17.3 Å². The van der Waals surface area contributed by atoms with Crippen LogP contribution in [0.25, 0.3) is 5.69 Å². The fourth-order valence-corrected chi connectivity index (χ4v) is 4.05. The number of carbonyl (C=O) groups is 1. The summed E-state index contributed by atoms with van der Waals surface area (Å²) >= 11 is 7.39. The molecule has 0 bridgehead atoms. The number of carbonyl (C=O) groups excluding carboxylic acids is 1. The second kappa shape index (κ2) is 11.0. The van der Waals surface area contributed by atoms with Crippen LogP contribution in [0.15, 0.2) is 84.0 Å². The summed E-state index contributed by atoms with van der Waals surface area (Å²) in [7, 11) is 0. The van der Waals surface area contributed by atoms with Crippen LogP contribution in [0.4, 0.5) is 4.39 Å². The largest absolute Gasteiger partial charge is 0.483 e. The van der Waals surface area contributed by atoms with Crippen LogP contribution in [-0.4, -0.2) is 26.4 Å². The van der Waals surface area contributed by atoms with Crippen molar-refractivity contribution in [1.82, 2.24) is 20.1 Å². The molecule has 0 saturated carbocycles. The predicted molar refractivity (Wildman–Crippen MR) is 126 cm³/mol. The molecule has 9 heteroatoms. The van der Waals surface area contributed by atoms with Crippen LogP contribution >= 0.6 is 23.4 Å². The van der Waals surface area contributed by atoms with Crippen molar-refractivity contribution in [2.45, 2.75) is 18.3 Å². The second-order valence-corrected chi connectivity index (χ2v) is 8.30. The average molecular weight is 483 g/mol. The maximum Gasteiger partial charge on any atom is 0.230 e. The maximum absolute atomic E-state index is 13.9. The van der Waals surface area contributed by atoms with E-state index in [9.17, 15) is 9.18 Å². The van der Waals surface area contributed by atoms with Gasteiger partial charge in [-0.25, -0.2) is 4.39 Å². The third-order valence-corrected chi connectivity index (χ3v) is 5.97. The van der Waals surface area contributed by atoms with Crippen LogP contribution in [0.5, 0.6) is 5.75 Å². The number of rotatable bonds is 9. The third-order valence-electron chi connectivity index (χ3n) is 4.67. The molecule has 1 aromatic heterocycles. The van der Waals surface area contributed by atoms with Gasteiger partial charge in [-0.05, 0) is 35.9 Å². The van der Waals surface area contributed by atoms with Gasteiger partial charge < -0.3 is 10.1 Å². The van der Waals surface area contributed by atoms with Gasteiger partial charge in [0.2, 0.25) is 5.91 Å². The third kappa shape index (κ3) is 5.91. The molecule has 0 aliphatic carbocycles. The summed E-state index contributed by atoms with van der Waals surface area (Å²) in [6, 6.07) is 23.0. The van der Waals surface area contributed by atoms with E-state index in [1.165, 1.54) is 17.8 Å². The van der Waals surface area contributed by atoms with E-state index in [0.29, 0.717) is 22.5 Å². The van der Waals surface area contributed by atoms with E-state index < -0.39 is 5.82 Å². The summed E-state index contributed by atoms with van der Waals surface area (Å²) < 4.78 is 21.3. The van der Waals surface area contributed by atoms with Crippen molar-refractivity contribution in [1.29, 1.82) is 0 Å². The number of thioether (sulfide) groups is 1. The molecule has 0 unspecified atom stereocenters. The fraction of sp³-hybridized carbons (Fsp3) is 0.125. The Morgan fingerprint density at radius 2 is 1.73 bits per heavy atom. The summed E-state index contributed by atoms with van der Waals surface area (Å²) in [6.45, 7) is 0.355. The smallest absolute Gasteiger partial charge is 0.230 e. The number of para-hydroxylation sites is 2. The molecule has 0 aliphatic heterocycles. The Kier molecular flexibility index (Phi) is 7.59. The lowest BCUT2D eigenvalue weighted by atomic mass is 10.2. The molecule has 4 rings (SSSR count). The van der Waals surface area contributed by atoms with Crippen LogP contribution in [0.2, 0.25) is 5.02 Å². The molecule has 0 atom stereocenters. The lowest BCUT2D eigenvalue weighted by Gasteiger charge is -2.11. The van der Waals surface area contributed by atoms with Gasteiger partial charge in [-0.2, -0.15) is 0 Å². The van der Waals surface area contributed by atoms with Crippen molar-refractivity contribution in [2.24, 2.45) is 0 Å². The zero-order valence-electron chi connectivity index (χ0n) is 17.4. The highest BCUT2D eigenvalue weighted by Gasteiger charge is 2.17. The van der Waals surface area contributed by atoms with E-state index in [2.05, 4.69) is 15.5 Å². The Bertz CT molecular complexity index is 1240. The highest BCUT2D eigenvalue weighted by atomic mass is 35.5. The molecule has 1 amide bonds. The number of hydrogen-bond acceptors (Lipinski definition) is 5. The summed E-state index contributed by atoms with van der Waals surface area (Å²) in [4.78, 5) is 12.4. The molecule has 1 N–H and O–H groups in total. The Morgan fingerprint density at radius 3 is 2.52 bits per heavy atom. The molecule has 33 heavy (non-hydrogen) atoms. The van der Waals surface area contributed by atoms with Crippen LogP contribution in [-0.2, 0) is 17.9 Å². The highest BCUT2D eigenvalue weighted by molar-refractivity contribution is 7.99. The first-order valence-corrected chi connectivity index (χ1v) is 11.5. The number of nitrogens with one attached hydrogen (secondary N) is 1. The van der Waals surface area contributed by atoms with E-state index in [4.69, 9.17) is 16.3 Å². The number of nitrogens with zero attached hydrogens (tertiary/aromatic N) is 3. The Morgan fingerprint density at radius 1 is 1.00 bits per heavy atom. The van der Waals surface area contributed by atoms with Crippen molar-refractivity contribution in [3.63, 3.8) is 0 Å². The minimum absolute atomic E-state index is 0.0160. The average Bonchev–Trinajstić information content (AvgIpc) is 3.25. The second-order valence-electron chi connectivity index (χ2n) is 6.95. The first-order chi connectivity index (χ1) is 16.1. The quantitative estimate of drug-likeness (QED) is 0.338. The van der Waals surface area contributed by atoms with E-state index in [-0.39, 0.29) is 24.0 Å². The minimum atomic E-state index is -0.451. The normalized spacial score (nSPS) is 10.7. The van der Waals surface area contributed by atoms with E-state index in [1.54, 1.807) is 28.8 Å². The number of amides is 1. The lowest BCUT2D eigenvalue weighted by Crippen LogP contribution is -2.24. The highest BCUT2D eigenvalue weighted by Crippen LogP contribution is 2.24. The van der Waals surface area contributed by atoms with Crippen LogP contribution in [0.3, 0.4) is 0 Å². The van der Waals surface area contributed by atoms with E-state index >= 15 is 0 Å². The first-order valence-electron chi connectivity index (χ1n) is 10.1. The van der Waals surface area contributed by atoms with Gasteiger partial charge in [-0.3, -0.25) is 9.36 Å². The molecular formula is C24H20ClFN4O2S. The monoisotopic (exact) mass is 482 g/mol. The van der Waals surface area contributed by atoms with Crippen molar-refractivity contribution in [2.75, 3.05) is 5.75 Å². The number of benzene rings is 3. The van der Waals surface area contributed by atoms with Crippen molar-refractivity contribution in [3.05, 3.63) is 101 Å². The number of hydrogen-bond donors (Lipinski definition) is 1. The summed E-state index contributed by atoms with van der Waals surface area (Å²) in [6.07, 6.45) is 0. The van der Waals surface area contributed by atoms with Gasteiger partial charge in [-0.1, -0.05) is 71.9 Å². The molecule has 0 radical (unpaired) electrons. The Labute approximate surface area is 199 Å². The number of aromatic nitrogens is 3. The summed E-state index contributed by atoms with van der Waals surface area (Å²) in [5, 5.41) is 12.4. The zero-order chi connectivity index (χ0) is 23.0. The SMILES string of the molecule is O=C(CSc1nnc(COc2ccccc2F)n1-c1ccccc1)NCc1ccccc1Cl. The first kappa shape index (κ1) is 22.8. The summed E-state index contributed by atoms with van der Waals surface area (Å²) in [5.74, 6) is 0.153. The van der Waals surface area contributed by atoms with Gasteiger partial charge >= 0.3 is 0 Å². The molecule has 0 saturated heterocycles. The van der Waals surface area contributed by atoms with Gasteiger partial charge in [0.1, 0.15) is 6.61 Å². The van der Waals surface area contributed by atoms with Gasteiger partial charge in [0.25, 0.3) is 0 Å². The fourth-order valence-electron chi connectivity index (χ4n) is 3.04. The zero-order valence-corrected chi connectivity index (χ0v) is 19.0. The molecular weight excluding hydrogens is 463 g/mol. The van der Waals surface area contributed by atoms with Crippen molar-refractivity contribution in [3.8, 4) is 11.4 Å². The van der Waals surface area contributed by atoms with Crippen LogP contribution in [0, 0.1) is 5.82 Å². The lowest BCUT2D eigenvalue weighted by molar-refractivity contribution is -0.118. The molecule has 168 valence electrons. The minimum Gasteiger partial charge on any atom is -0.483 e. The molecule has 4 aromatic rings. The van der Waals surface area contributed by atoms with Crippen LogP contribution in [0.1, 0.15) is 11.4 Å². The molecule has 0 fully saturated rings. The molecule has 0 spiro atoms. The maximum atomic E-state index is 13.9. The standard InChI is InChI=1S/C24H20ClFN4O2S/c25-19-11-5-4-8-17(19)14-27-23(31)16-33-24-29-28-22(30(24)18-9-2-1-3-10-18)15-32-21-13-7-6-12-20(21)26/h1-13H,14-16H2,(H,27,31). The van der Waals surface area contributed by atoms with Gasteiger partial charge in [0.15, 0.2) is 22.5 Å². The van der Waals surface area contributed by atoms with E-state index in [0.717, 1.165) is 11.3 Å². The molecule has 0 aliphatic rings. The Hall–Kier alpha value is -3.36. The Balaban J connectivity index is 1.45. The number of halogens is 2. The van der Waals surface area contributed by atoms with Crippen molar-refractivity contribution >= 4 is 29.3 Å². The molecule has 1 heterocycles. The number of ether oxygens (including phenoxy) is 1. The summed E-state index contributed by atoms with van der Waals surface area (Å²) in [5.41, 5.74) is 1.66. The van der Waals surface area contributed by atoms with E-state index in [1.807, 2.05) is 48.5 Å². The molecule has 3 aromatic carbocycles. The van der Waals surface area contributed by atoms with Gasteiger partial charge in [0.05, 0.1) is 5.75 Å². The van der Waals surface area contributed by atoms with Crippen LogP contribution < -0.4 is 10.1 Å². The topological polar surface area (TPSA) is 69.0 Å². The molecule has 6 nitrogen and oxygen atoms in total. The van der Waals surface area contributed by atoms with Gasteiger partial charge in [-0.15, -0.1) is 10.2 Å².